The quantitative estimate of drug-likeness (QED) is 0.430. The molecule has 2 aliphatic heterocycles. The molecule has 0 unspecified atom stereocenters. The Balaban J connectivity index is 1.46. The molecule has 0 amide bonds. The second-order valence-electron chi connectivity index (χ2n) is 9.09. The number of anilines is 1. The van der Waals surface area contributed by atoms with Gasteiger partial charge in [-0.15, -0.1) is 11.3 Å². The highest BCUT2D eigenvalue weighted by molar-refractivity contribution is 7.16. The molecule has 2 N–H and O–H groups in total. The smallest absolute Gasteiger partial charge is 0.251 e. The van der Waals surface area contributed by atoms with Crippen molar-refractivity contribution in [3.05, 3.63) is 46.1 Å². The van der Waals surface area contributed by atoms with Crippen LogP contribution >= 0.6 is 11.3 Å². The van der Waals surface area contributed by atoms with Crippen LogP contribution in [0.5, 0.6) is 0 Å². The highest BCUT2D eigenvalue weighted by atomic mass is 32.1. The molecule has 0 bridgehead atoms. The van der Waals surface area contributed by atoms with Crippen LogP contribution in [0.15, 0.2) is 17.6 Å². The van der Waals surface area contributed by atoms with Crippen molar-refractivity contribution in [3.63, 3.8) is 0 Å². The third-order valence-electron chi connectivity index (χ3n) is 6.73. The first-order valence-electron chi connectivity index (χ1n) is 11.4. The van der Waals surface area contributed by atoms with Crippen molar-refractivity contribution in [2.24, 2.45) is 0 Å². The average molecular weight is 500 g/mol. The van der Waals surface area contributed by atoms with E-state index >= 15 is 8.78 Å². The van der Waals surface area contributed by atoms with E-state index < -0.39 is 30.6 Å². The minimum atomic E-state index is -2.65. The number of aromatic nitrogens is 2. The Hall–Kier alpha value is -2.24. The summed E-state index contributed by atoms with van der Waals surface area (Å²) in [6.07, 6.45) is -1.69. The second-order valence-corrected chi connectivity index (χ2v) is 9.94. The maximum absolute atomic E-state index is 15.5. The largest absolute Gasteiger partial charge is 0.380 e. The molecule has 34 heavy (non-hydrogen) atoms. The van der Waals surface area contributed by atoms with Gasteiger partial charge in [-0.1, -0.05) is 0 Å². The number of alkyl halides is 3. The molecule has 2 aromatic heterocycles. The molecule has 2 aliphatic rings. The number of rotatable bonds is 8. The number of halogens is 5. The number of likely N-dealkylation sites (tertiary alicyclic amines) is 1. The maximum atomic E-state index is 15.5. The van der Waals surface area contributed by atoms with E-state index in [0.29, 0.717) is 49.5 Å². The molecule has 5 nitrogen and oxygen atoms in total. The average Bonchev–Trinajstić information content (AvgIpc) is 3.33. The van der Waals surface area contributed by atoms with Crippen LogP contribution in [0.4, 0.5) is 27.6 Å². The molecule has 3 aromatic rings. The van der Waals surface area contributed by atoms with Crippen molar-refractivity contribution in [1.82, 2.24) is 19.8 Å². The van der Waals surface area contributed by atoms with Gasteiger partial charge >= 0.3 is 0 Å². The highest BCUT2D eigenvalue weighted by Gasteiger charge is 2.40. The van der Waals surface area contributed by atoms with Crippen LogP contribution in [0.25, 0.3) is 10.3 Å². The summed E-state index contributed by atoms with van der Waals surface area (Å²) in [6, 6.07) is 1.12. The van der Waals surface area contributed by atoms with Gasteiger partial charge in [0.2, 0.25) is 0 Å². The fourth-order valence-electron chi connectivity index (χ4n) is 5.19. The Morgan fingerprint density at radius 3 is 2.65 bits per heavy atom. The van der Waals surface area contributed by atoms with E-state index in [2.05, 4.69) is 20.2 Å². The van der Waals surface area contributed by atoms with E-state index in [1.165, 1.54) is 28.4 Å². The lowest BCUT2D eigenvalue weighted by atomic mass is 9.89. The minimum absolute atomic E-state index is 0.0159. The van der Waals surface area contributed by atoms with Crippen LogP contribution in [-0.4, -0.2) is 71.1 Å². The van der Waals surface area contributed by atoms with E-state index in [1.54, 1.807) is 12.4 Å². The third kappa shape index (κ3) is 4.29. The van der Waals surface area contributed by atoms with Gasteiger partial charge in [-0.05, 0) is 37.5 Å². The number of nitrogens with one attached hydrogen (secondary N) is 2. The number of benzene rings is 1. The van der Waals surface area contributed by atoms with Crippen LogP contribution < -0.4 is 5.32 Å². The van der Waals surface area contributed by atoms with Crippen molar-refractivity contribution >= 4 is 27.4 Å². The molecule has 11 heteroatoms. The Kier molecular flexibility index (Phi) is 6.51. The lowest BCUT2D eigenvalue weighted by molar-refractivity contribution is 0.0438. The molecular weight excluding hydrogens is 473 g/mol. The Morgan fingerprint density at radius 2 is 1.97 bits per heavy atom. The SMILES string of the molecule is C[C@@H]1Cc2c([nH]c3ncsc23)[C@@H](c2c(F)cc(NC3CN(CCCF)C3)cc2F)N1CC(F)F. The minimum Gasteiger partial charge on any atom is -0.380 e. The van der Waals surface area contributed by atoms with E-state index in [0.717, 1.165) is 10.3 Å². The predicted molar refractivity (Wildman–Crippen MR) is 122 cm³/mol. The molecule has 0 radical (unpaired) electrons. The van der Waals surface area contributed by atoms with Gasteiger partial charge in [0.25, 0.3) is 6.43 Å². The number of fused-ring (bicyclic) bond motifs is 3. The van der Waals surface area contributed by atoms with Gasteiger partial charge < -0.3 is 10.3 Å². The fourth-order valence-corrected chi connectivity index (χ4v) is 6.00. The molecule has 1 saturated heterocycles. The lowest BCUT2D eigenvalue weighted by Gasteiger charge is -2.41. The molecule has 0 saturated carbocycles. The summed E-state index contributed by atoms with van der Waals surface area (Å²) in [6.45, 7) is 2.83. The van der Waals surface area contributed by atoms with E-state index in [9.17, 15) is 13.2 Å². The second kappa shape index (κ2) is 9.43. The summed E-state index contributed by atoms with van der Waals surface area (Å²) in [4.78, 5) is 10.9. The Morgan fingerprint density at radius 1 is 1.24 bits per heavy atom. The molecule has 0 spiro atoms. The number of H-pyrrole nitrogens is 1. The highest BCUT2D eigenvalue weighted by Crippen LogP contribution is 2.43. The van der Waals surface area contributed by atoms with Crippen molar-refractivity contribution in [3.8, 4) is 0 Å². The van der Waals surface area contributed by atoms with Gasteiger partial charge in [0.05, 0.1) is 35.5 Å². The van der Waals surface area contributed by atoms with Crippen molar-refractivity contribution in [2.45, 2.75) is 44.3 Å². The molecule has 0 aliphatic carbocycles. The van der Waals surface area contributed by atoms with Gasteiger partial charge in [-0.2, -0.15) is 0 Å². The molecule has 4 heterocycles. The van der Waals surface area contributed by atoms with E-state index in [4.69, 9.17) is 0 Å². The molecule has 1 fully saturated rings. The third-order valence-corrected chi connectivity index (χ3v) is 7.61. The van der Waals surface area contributed by atoms with Gasteiger partial charge in [0.15, 0.2) is 0 Å². The normalized spacial score (nSPS) is 21.9. The topological polar surface area (TPSA) is 47.2 Å². The van der Waals surface area contributed by atoms with Gasteiger partial charge in [-0.3, -0.25) is 14.2 Å². The number of aromatic amines is 1. The van der Waals surface area contributed by atoms with E-state index in [1.807, 2.05) is 0 Å². The number of hydrogen-bond donors (Lipinski definition) is 2. The molecular formula is C23H26F5N5S. The number of nitrogens with zero attached hydrogens (tertiary/aromatic N) is 3. The first kappa shape index (κ1) is 23.5. The summed E-state index contributed by atoms with van der Waals surface area (Å²) in [7, 11) is 0. The maximum Gasteiger partial charge on any atom is 0.251 e. The lowest BCUT2D eigenvalue weighted by Crippen LogP contribution is -2.54. The zero-order chi connectivity index (χ0) is 24.0. The molecule has 184 valence electrons. The fraction of sp³-hybridized carbons (Fsp3) is 0.522. The van der Waals surface area contributed by atoms with Crippen LogP contribution in [0.1, 0.15) is 36.2 Å². The monoisotopic (exact) mass is 499 g/mol. The van der Waals surface area contributed by atoms with Crippen LogP contribution in [-0.2, 0) is 6.42 Å². The van der Waals surface area contributed by atoms with Gasteiger partial charge in [0, 0.05) is 42.6 Å². The van der Waals surface area contributed by atoms with Crippen molar-refractivity contribution in [2.75, 3.05) is 38.2 Å². The van der Waals surface area contributed by atoms with Crippen LogP contribution in [0, 0.1) is 11.6 Å². The van der Waals surface area contributed by atoms with Crippen molar-refractivity contribution in [1.29, 1.82) is 0 Å². The van der Waals surface area contributed by atoms with Crippen LogP contribution in [0.2, 0.25) is 0 Å². The van der Waals surface area contributed by atoms with Crippen LogP contribution in [0.3, 0.4) is 0 Å². The molecule has 5 rings (SSSR count). The summed E-state index contributed by atoms with van der Waals surface area (Å²) in [5.74, 6) is -1.57. The number of hydrogen-bond acceptors (Lipinski definition) is 5. The standard InChI is InChI=1S/C23H26F5N5S/c1-12-5-15-20(31-23-22(15)34-11-29-23)21(33(12)10-18(27)28)19-16(25)6-13(7-17(19)26)30-14-8-32(9-14)4-2-3-24/h6-7,11-12,14,18,21,30-31H,2-5,8-10H2,1H3/t12-,21-/m1/s1. The van der Waals surface area contributed by atoms with Gasteiger partial charge in [0.1, 0.15) is 17.3 Å². The Labute approximate surface area is 198 Å². The van der Waals surface area contributed by atoms with Crippen molar-refractivity contribution < 1.29 is 22.0 Å². The summed E-state index contributed by atoms with van der Waals surface area (Å²) < 4.78 is 71.1. The zero-order valence-electron chi connectivity index (χ0n) is 18.6. The van der Waals surface area contributed by atoms with E-state index in [-0.39, 0.29) is 24.3 Å². The molecule has 2 atom stereocenters. The van der Waals surface area contributed by atoms with Gasteiger partial charge in [-0.25, -0.2) is 22.5 Å². The first-order chi connectivity index (χ1) is 16.4. The number of thiazole rings is 1. The summed E-state index contributed by atoms with van der Waals surface area (Å²) >= 11 is 1.42. The first-order valence-corrected chi connectivity index (χ1v) is 12.2. The zero-order valence-corrected chi connectivity index (χ0v) is 19.4. The Bertz CT molecular complexity index is 1140. The molecule has 1 aromatic carbocycles. The summed E-state index contributed by atoms with van der Waals surface area (Å²) in [5, 5.41) is 3.12. The summed E-state index contributed by atoms with van der Waals surface area (Å²) in [5.41, 5.74) is 3.75. The predicted octanol–water partition coefficient (Wildman–Crippen LogP) is 4.96.